The average Bonchev–Trinajstić information content (AvgIpc) is 2.67. The number of likely N-dealkylation sites (N-methyl/N-ethyl adjacent to an activating group) is 1. The SMILES string of the molecule is COC(=O)N(C)C(C)C1CCCN1. The van der Waals surface area contributed by atoms with Crippen LogP contribution in [-0.4, -0.2) is 43.8 Å². The molecule has 76 valence electrons. The number of carbonyl (C=O) groups is 1. The highest BCUT2D eigenvalue weighted by Gasteiger charge is 2.26. The topological polar surface area (TPSA) is 41.6 Å². The molecular weight excluding hydrogens is 168 g/mol. The zero-order chi connectivity index (χ0) is 9.84. The Kier molecular flexibility index (Phi) is 3.54. The van der Waals surface area contributed by atoms with Crippen molar-refractivity contribution in [1.29, 1.82) is 0 Å². The summed E-state index contributed by atoms with van der Waals surface area (Å²) in [5.74, 6) is 0. The summed E-state index contributed by atoms with van der Waals surface area (Å²) >= 11 is 0. The van der Waals surface area contributed by atoms with Gasteiger partial charge in [0, 0.05) is 19.1 Å². The Labute approximate surface area is 79.2 Å². The van der Waals surface area contributed by atoms with Crippen molar-refractivity contribution < 1.29 is 9.53 Å². The molecule has 1 saturated heterocycles. The molecule has 0 radical (unpaired) electrons. The first-order chi connectivity index (χ1) is 6.16. The lowest BCUT2D eigenvalue weighted by Crippen LogP contribution is -2.46. The van der Waals surface area contributed by atoms with E-state index >= 15 is 0 Å². The molecule has 4 heteroatoms. The molecule has 1 heterocycles. The lowest BCUT2D eigenvalue weighted by Gasteiger charge is -2.28. The van der Waals surface area contributed by atoms with Gasteiger partial charge < -0.3 is 15.0 Å². The molecule has 13 heavy (non-hydrogen) atoms. The minimum Gasteiger partial charge on any atom is -0.453 e. The lowest BCUT2D eigenvalue weighted by atomic mass is 10.1. The van der Waals surface area contributed by atoms with Crippen LogP contribution in [0.1, 0.15) is 19.8 Å². The van der Waals surface area contributed by atoms with E-state index in [0.717, 1.165) is 13.0 Å². The van der Waals surface area contributed by atoms with Crippen LogP contribution in [0.25, 0.3) is 0 Å². The highest BCUT2D eigenvalue weighted by molar-refractivity contribution is 5.67. The van der Waals surface area contributed by atoms with Crippen LogP contribution < -0.4 is 5.32 Å². The molecule has 1 aliphatic heterocycles. The maximum Gasteiger partial charge on any atom is 0.409 e. The molecule has 1 N–H and O–H groups in total. The van der Waals surface area contributed by atoms with Crippen molar-refractivity contribution in [3.05, 3.63) is 0 Å². The highest BCUT2D eigenvalue weighted by atomic mass is 16.5. The molecule has 1 rings (SSSR count). The summed E-state index contributed by atoms with van der Waals surface area (Å²) in [6.45, 7) is 3.10. The normalized spacial score (nSPS) is 24.1. The van der Waals surface area contributed by atoms with Crippen LogP contribution in [0.4, 0.5) is 4.79 Å². The summed E-state index contributed by atoms with van der Waals surface area (Å²) in [5, 5.41) is 3.37. The third-order valence-electron chi connectivity index (χ3n) is 2.75. The fourth-order valence-electron chi connectivity index (χ4n) is 1.70. The second-order valence-corrected chi connectivity index (χ2v) is 3.52. The van der Waals surface area contributed by atoms with Gasteiger partial charge in [-0.05, 0) is 26.3 Å². The molecule has 2 unspecified atom stereocenters. The van der Waals surface area contributed by atoms with Crippen LogP contribution in [0.5, 0.6) is 0 Å². The molecule has 0 spiro atoms. The first-order valence-corrected chi connectivity index (χ1v) is 4.71. The predicted molar refractivity (Wildman–Crippen MR) is 50.7 cm³/mol. The van der Waals surface area contributed by atoms with E-state index in [2.05, 4.69) is 10.1 Å². The Morgan fingerprint density at radius 3 is 2.85 bits per heavy atom. The Morgan fingerprint density at radius 2 is 2.38 bits per heavy atom. The van der Waals surface area contributed by atoms with Gasteiger partial charge in [-0.15, -0.1) is 0 Å². The Hall–Kier alpha value is -0.770. The van der Waals surface area contributed by atoms with E-state index in [-0.39, 0.29) is 12.1 Å². The fraction of sp³-hybridized carbons (Fsp3) is 0.889. The Morgan fingerprint density at radius 1 is 1.69 bits per heavy atom. The number of hydrogen-bond acceptors (Lipinski definition) is 3. The molecule has 0 aromatic heterocycles. The third-order valence-corrected chi connectivity index (χ3v) is 2.75. The van der Waals surface area contributed by atoms with E-state index in [0.29, 0.717) is 6.04 Å². The third kappa shape index (κ3) is 2.34. The quantitative estimate of drug-likeness (QED) is 0.694. The van der Waals surface area contributed by atoms with Crippen molar-refractivity contribution in [2.75, 3.05) is 20.7 Å². The van der Waals surface area contributed by atoms with Crippen molar-refractivity contribution in [3.63, 3.8) is 0 Å². The maximum absolute atomic E-state index is 11.2. The number of rotatable bonds is 2. The first-order valence-electron chi connectivity index (χ1n) is 4.71. The average molecular weight is 186 g/mol. The monoisotopic (exact) mass is 186 g/mol. The molecule has 0 aliphatic carbocycles. The molecule has 0 aromatic rings. The van der Waals surface area contributed by atoms with Gasteiger partial charge in [0.25, 0.3) is 0 Å². The van der Waals surface area contributed by atoms with E-state index in [1.165, 1.54) is 13.5 Å². The van der Waals surface area contributed by atoms with Crippen molar-refractivity contribution >= 4 is 6.09 Å². The van der Waals surface area contributed by atoms with E-state index in [9.17, 15) is 4.79 Å². The zero-order valence-electron chi connectivity index (χ0n) is 8.54. The van der Waals surface area contributed by atoms with Crippen LogP contribution in [0.3, 0.4) is 0 Å². The largest absolute Gasteiger partial charge is 0.453 e. The van der Waals surface area contributed by atoms with Gasteiger partial charge in [-0.2, -0.15) is 0 Å². The zero-order valence-corrected chi connectivity index (χ0v) is 8.54. The molecular formula is C9H18N2O2. The number of ether oxygens (including phenoxy) is 1. The molecule has 1 amide bonds. The van der Waals surface area contributed by atoms with E-state index in [1.807, 2.05) is 6.92 Å². The number of hydrogen-bond donors (Lipinski definition) is 1. The summed E-state index contributed by atoms with van der Waals surface area (Å²) in [6.07, 6.45) is 2.08. The van der Waals surface area contributed by atoms with Gasteiger partial charge in [-0.1, -0.05) is 0 Å². The molecule has 0 saturated carbocycles. The molecule has 1 aliphatic rings. The molecule has 4 nitrogen and oxygen atoms in total. The summed E-state index contributed by atoms with van der Waals surface area (Å²) in [6, 6.07) is 0.624. The van der Waals surface area contributed by atoms with Gasteiger partial charge in [0.1, 0.15) is 0 Å². The lowest BCUT2D eigenvalue weighted by molar-refractivity contribution is 0.113. The minimum atomic E-state index is -0.263. The summed E-state index contributed by atoms with van der Waals surface area (Å²) in [7, 11) is 3.18. The molecule has 1 fully saturated rings. The number of amides is 1. The second kappa shape index (κ2) is 4.46. The van der Waals surface area contributed by atoms with Gasteiger partial charge >= 0.3 is 6.09 Å². The van der Waals surface area contributed by atoms with Crippen LogP contribution in [0.15, 0.2) is 0 Å². The summed E-state index contributed by atoms with van der Waals surface area (Å²) < 4.78 is 4.65. The van der Waals surface area contributed by atoms with Crippen LogP contribution >= 0.6 is 0 Å². The first kappa shape index (κ1) is 10.3. The molecule has 0 bridgehead atoms. The predicted octanol–water partition coefficient (Wildman–Crippen LogP) is 0.825. The van der Waals surface area contributed by atoms with Crippen LogP contribution in [0.2, 0.25) is 0 Å². The Balaban J connectivity index is 2.45. The van der Waals surface area contributed by atoms with Crippen molar-refractivity contribution in [3.8, 4) is 0 Å². The van der Waals surface area contributed by atoms with Crippen LogP contribution in [0, 0.1) is 0 Å². The number of carbonyl (C=O) groups excluding carboxylic acids is 1. The van der Waals surface area contributed by atoms with Crippen molar-refractivity contribution in [2.24, 2.45) is 0 Å². The summed E-state index contributed by atoms with van der Waals surface area (Å²) in [4.78, 5) is 12.8. The standard InChI is InChI=1S/C9H18N2O2/c1-7(8-5-4-6-10-8)11(2)9(12)13-3/h7-8,10H,4-6H2,1-3H3. The molecule has 2 atom stereocenters. The van der Waals surface area contributed by atoms with Gasteiger partial charge in [0.05, 0.1) is 7.11 Å². The highest BCUT2D eigenvalue weighted by Crippen LogP contribution is 2.13. The summed E-state index contributed by atoms with van der Waals surface area (Å²) in [5.41, 5.74) is 0. The van der Waals surface area contributed by atoms with Gasteiger partial charge in [-0.3, -0.25) is 0 Å². The number of methoxy groups -OCH3 is 1. The van der Waals surface area contributed by atoms with E-state index in [4.69, 9.17) is 0 Å². The number of nitrogens with zero attached hydrogens (tertiary/aromatic N) is 1. The smallest absolute Gasteiger partial charge is 0.409 e. The van der Waals surface area contributed by atoms with E-state index < -0.39 is 0 Å². The van der Waals surface area contributed by atoms with E-state index in [1.54, 1.807) is 11.9 Å². The van der Waals surface area contributed by atoms with Gasteiger partial charge in [0.15, 0.2) is 0 Å². The van der Waals surface area contributed by atoms with Gasteiger partial charge in [0.2, 0.25) is 0 Å². The molecule has 0 aromatic carbocycles. The van der Waals surface area contributed by atoms with Crippen molar-refractivity contribution in [1.82, 2.24) is 10.2 Å². The minimum absolute atomic E-state index is 0.204. The number of nitrogens with one attached hydrogen (secondary N) is 1. The van der Waals surface area contributed by atoms with Crippen LogP contribution in [-0.2, 0) is 4.74 Å². The van der Waals surface area contributed by atoms with Gasteiger partial charge in [-0.25, -0.2) is 4.79 Å². The maximum atomic E-state index is 11.2. The Bertz CT molecular complexity index is 178. The second-order valence-electron chi connectivity index (χ2n) is 3.52. The van der Waals surface area contributed by atoms with Crippen molar-refractivity contribution in [2.45, 2.75) is 31.8 Å². The fourth-order valence-corrected chi connectivity index (χ4v) is 1.70.